The van der Waals surface area contributed by atoms with E-state index in [0.29, 0.717) is 38.3 Å². The van der Waals surface area contributed by atoms with Crippen LogP contribution in [0, 0.1) is 0 Å². The van der Waals surface area contributed by atoms with Crippen molar-refractivity contribution in [2.75, 3.05) is 33.3 Å². The topological polar surface area (TPSA) is 95.1 Å². The number of amides is 2. The number of hydrogen-bond acceptors (Lipinski definition) is 4. The summed E-state index contributed by atoms with van der Waals surface area (Å²) in [6, 6.07) is 7.77. The van der Waals surface area contributed by atoms with Crippen LogP contribution >= 0.6 is 24.0 Å². The summed E-state index contributed by atoms with van der Waals surface area (Å²) >= 11 is 0. The van der Waals surface area contributed by atoms with Gasteiger partial charge in [0.2, 0.25) is 0 Å². The van der Waals surface area contributed by atoms with E-state index >= 15 is 0 Å². The van der Waals surface area contributed by atoms with Crippen molar-refractivity contribution in [3.8, 4) is 0 Å². The third-order valence-electron chi connectivity index (χ3n) is 4.60. The molecule has 0 saturated carbocycles. The van der Waals surface area contributed by atoms with Gasteiger partial charge < -0.3 is 25.6 Å². The molecule has 1 fully saturated rings. The molecule has 0 radical (unpaired) electrons. The zero-order valence-electron chi connectivity index (χ0n) is 17.4. The second kappa shape index (κ2) is 13.2. The Hall–Kier alpha value is -2.04. The largest absolute Gasteiger partial charge is 0.450 e. The van der Waals surface area contributed by atoms with E-state index in [-0.39, 0.29) is 42.0 Å². The van der Waals surface area contributed by atoms with Gasteiger partial charge in [0.15, 0.2) is 5.96 Å². The Labute approximate surface area is 189 Å². The van der Waals surface area contributed by atoms with Crippen LogP contribution in [0.25, 0.3) is 0 Å². The van der Waals surface area contributed by atoms with E-state index in [1.54, 1.807) is 11.9 Å². The van der Waals surface area contributed by atoms with Crippen molar-refractivity contribution in [2.45, 2.75) is 39.3 Å². The van der Waals surface area contributed by atoms with Crippen molar-refractivity contribution in [3.05, 3.63) is 35.4 Å². The van der Waals surface area contributed by atoms with Gasteiger partial charge in [-0.3, -0.25) is 9.79 Å². The molecule has 3 N–H and O–H groups in total. The number of aliphatic imine (C=N–C) groups is 1. The average Bonchev–Trinajstić information content (AvgIpc) is 2.72. The average molecular weight is 517 g/mol. The third-order valence-corrected chi connectivity index (χ3v) is 4.60. The van der Waals surface area contributed by atoms with Gasteiger partial charge in [-0.2, -0.15) is 0 Å². The van der Waals surface area contributed by atoms with Gasteiger partial charge in [-0.05, 0) is 44.4 Å². The molecule has 8 nitrogen and oxygen atoms in total. The molecule has 9 heteroatoms. The fraction of sp³-hybridized carbons (Fsp3) is 0.550. The van der Waals surface area contributed by atoms with Crippen molar-refractivity contribution in [3.63, 3.8) is 0 Å². The Bertz CT molecular complexity index is 673. The first-order chi connectivity index (χ1) is 13.6. The van der Waals surface area contributed by atoms with Crippen LogP contribution < -0.4 is 16.0 Å². The van der Waals surface area contributed by atoms with Crippen LogP contribution in [0.5, 0.6) is 0 Å². The van der Waals surface area contributed by atoms with Crippen molar-refractivity contribution in [2.24, 2.45) is 4.99 Å². The SMILES string of the molecule is CCNC(=O)c1ccc(CNC(=NC)NC2CCN(C(=O)OCC)CC2)cc1.I. The molecule has 0 aliphatic carbocycles. The highest BCUT2D eigenvalue weighted by Gasteiger charge is 2.24. The monoisotopic (exact) mass is 517 g/mol. The molecular weight excluding hydrogens is 485 g/mol. The Morgan fingerprint density at radius 1 is 1.14 bits per heavy atom. The van der Waals surface area contributed by atoms with E-state index in [0.717, 1.165) is 24.4 Å². The summed E-state index contributed by atoms with van der Waals surface area (Å²) in [4.78, 5) is 29.6. The van der Waals surface area contributed by atoms with Gasteiger partial charge in [0.1, 0.15) is 0 Å². The number of guanidine groups is 1. The molecule has 2 amide bonds. The highest BCUT2D eigenvalue weighted by Crippen LogP contribution is 2.11. The Morgan fingerprint density at radius 2 is 1.79 bits per heavy atom. The van der Waals surface area contributed by atoms with Gasteiger partial charge in [-0.1, -0.05) is 12.1 Å². The predicted molar refractivity (Wildman–Crippen MR) is 125 cm³/mol. The summed E-state index contributed by atoms with van der Waals surface area (Å²) in [6.45, 7) is 6.69. The van der Waals surface area contributed by atoms with Crippen LogP contribution in [-0.4, -0.2) is 62.2 Å². The molecule has 0 spiro atoms. The second-order valence-electron chi connectivity index (χ2n) is 6.59. The van der Waals surface area contributed by atoms with Crippen LogP contribution in [-0.2, 0) is 11.3 Å². The van der Waals surface area contributed by atoms with Crippen molar-refractivity contribution in [1.29, 1.82) is 0 Å². The molecule has 162 valence electrons. The molecule has 1 aliphatic rings. The quantitative estimate of drug-likeness (QED) is 0.306. The van der Waals surface area contributed by atoms with E-state index in [1.807, 2.05) is 38.1 Å². The lowest BCUT2D eigenvalue weighted by molar-refractivity contribution is 0.0950. The molecule has 1 aromatic rings. The fourth-order valence-electron chi connectivity index (χ4n) is 3.03. The number of carbonyl (C=O) groups excluding carboxylic acids is 2. The molecule has 1 aromatic carbocycles. The Kier molecular flexibility index (Phi) is 11.4. The van der Waals surface area contributed by atoms with Crippen LogP contribution in [0.1, 0.15) is 42.6 Å². The maximum absolute atomic E-state index is 11.8. The number of ether oxygens (including phenoxy) is 1. The predicted octanol–water partition coefficient (Wildman–Crippen LogP) is 2.34. The fourth-order valence-corrected chi connectivity index (χ4v) is 3.03. The van der Waals surface area contributed by atoms with E-state index in [4.69, 9.17) is 4.74 Å². The number of hydrogen-bond donors (Lipinski definition) is 3. The molecule has 0 bridgehead atoms. The van der Waals surface area contributed by atoms with Gasteiger partial charge in [-0.25, -0.2) is 4.79 Å². The molecule has 0 atom stereocenters. The normalized spacial score (nSPS) is 14.6. The molecule has 0 unspecified atom stereocenters. The number of likely N-dealkylation sites (tertiary alicyclic amines) is 1. The lowest BCUT2D eigenvalue weighted by Crippen LogP contribution is -2.49. The van der Waals surface area contributed by atoms with Gasteiger partial charge >= 0.3 is 6.09 Å². The molecule has 1 saturated heterocycles. The van der Waals surface area contributed by atoms with Crippen molar-refractivity contribution >= 4 is 41.9 Å². The summed E-state index contributed by atoms with van der Waals surface area (Å²) in [6.07, 6.45) is 1.46. The first kappa shape index (κ1) is 25.0. The lowest BCUT2D eigenvalue weighted by Gasteiger charge is -2.32. The maximum atomic E-state index is 11.8. The Morgan fingerprint density at radius 3 is 2.34 bits per heavy atom. The standard InChI is InChI=1S/C20H31N5O3.HI/c1-4-22-18(26)16-8-6-15(7-9-16)14-23-19(21-3)24-17-10-12-25(13-11-17)20(27)28-5-2;/h6-9,17H,4-5,10-14H2,1-3H3,(H,22,26)(H2,21,23,24);1H. The zero-order chi connectivity index (χ0) is 20.4. The van der Waals surface area contributed by atoms with E-state index < -0.39 is 0 Å². The van der Waals surface area contributed by atoms with Crippen LogP contribution in [0.4, 0.5) is 4.79 Å². The minimum Gasteiger partial charge on any atom is -0.450 e. The molecule has 1 aliphatic heterocycles. The summed E-state index contributed by atoms with van der Waals surface area (Å²) in [5, 5.41) is 9.49. The molecule has 1 heterocycles. The van der Waals surface area contributed by atoms with Crippen LogP contribution in [0.15, 0.2) is 29.3 Å². The first-order valence-electron chi connectivity index (χ1n) is 9.83. The number of benzene rings is 1. The van der Waals surface area contributed by atoms with Crippen molar-refractivity contribution < 1.29 is 14.3 Å². The van der Waals surface area contributed by atoms with Gasteiger partial charge in [-0.15, -0.1) is 24.0 Å². The van der Waals surface area contributed by atoms with Gasteiger partial charge in [0.05, 0.1) is 6.61 Å². The van der Waals surface area contributed by atoms with E-state index in [1.165, 1.54) is 0 Å². The summed E-state index contributed by atoms with van der Waals surface area (Å²) in [7, 11) is 1.74. The highest BCUT2D eigenvalue weighted by molar-refractivity contribution is 14.0. The number of nitrogens with one attached hydrogen (secondary N) is 3. The number of piperidine rings is 1. The maximum Gasteiger partial charge on any atom is 0.409 e. The smallest absolute Gasteiger partial charge is 0.409 e. The zero-order valence-corrected chi connectivity index (χ0v) is 19.7. The summed E-state index contributed by atoms with van der Waals surface area (Å²) in [5.41, 5.74) is 1.72. The molecular formula is C20H32IN5O3. The Balaban J connectivity index is 0.00000420. The van der Waals surface area contributed by atoms with Crippen molar-refractivity contribution in [1.82, 2.24) is 20.9 Å². The number of nitrogens with zero attached hydrogens (tertiary/aromatic N) is 2. The third kappa shape index (κ3) is 8.08. The second-order valence-corrected chi connectivity index (χ2v) is 6.59. The summed E-state index contributed by atoms with van der Waals surface area (Å²) in [5.74, 6) is 0.663. The minimum absolute atomic E-state index is 0. The molecule has 2 rings (SSSR count). The minimum atomic E-state index is -0.237. The lowest BCUT2D eigenvalue weighted by atomic mass is 10.1. The van der Waals surface area contributed by atoms with Gasteiger partial charge in [0, 0.05) is 44.8 Å². The molecule has 0 aromatic heterocycles. The summed E-state index contributed by atoms with van der Waals surface area (Å²) < 4.78 is 5.05. The van der Waals surface area contributed by atoms with Crippen LogP contribution in [0.2, 0.25) is 0 Å². The molecule has 29 heavy (non-hydrogen) atoms. The van der Waals surface area contributed by atoms with E-state index in [9.17, 15) is 9.59 Å². The number of rotatable bonds is 6. The van der Waals surface area contributed by atoms with Gasteiger partial charge in [0.25, 0.3) is 5.91 Å². The highest BCUT2D eigenvalue weighted by atomic mass is 127. The number of carbonyl (C=O) groups is 2. The van der Waals surface area contributed by atoms with Crippen LogP contribution in [0.3, 0.4) is 0 Å². The van der Waals surface area contributed by atoms with E-state index in [2.05, 4.69) is 20.9 Å². The first-order valence-corrected chi connectivity index (χ1v) is 9.83. The number of halogens is 1.